The van der Waals surface area contributed by atoms with Gasteiger partial charge in [-0.05, 0) is 71.6 Å². The van der Waals surface area contributed by atoms with Gasteiger partial charge in [-0.3, -0.25) is 9.69 Å². The summed E-state index contributed by atoms with van der Waals surface area (Å²) in [5, 5.41) is 0. The minimum Gasteiger partial charge on any atom is -0.444 e. The molecule has 5 nitrogen and oxygen atoms in total. The van der Waals surface area contributed by atoms with Gasteiger partial charge < -0.3 is 9.64 Å². The fraction of sp³-hybridized carbons (Fsp3) is 0.619. The maximum Gasteiger partial charge on any atom is 0.410 e. The van der Waals surface area contributed by atoms with Crippen molar-refractivity contribution in [2.45, 2.75) is 78.1 Å². The molecule has 6 heteroatoms. The highest BCUT2D eigenvalue weighted by atomic mass is 79.9. The molecule has 1 atom stereocenters. The lowest BCUT2D eigenvalue weighted by atomic mass is 10.0. The molecule has 2 rings (SSSR count). The second-order valence-electron chi connectivity index (χ2n) is 8.37. The number of benzene rings is 1. The summed E-state index contributed by atoms with van der Waals surface area (Å²) in [7, 11) is 0. The first-order valence-corrected chi connectivity index (χ1v) is 10.4. The van der Waals surface area contributed by atoms with Crippen LogP contribution in [-0.4, -0.2) is 46.0 Å². The molecule has 150 valence electrons. The van der Waals surface area contributed by atoms with Crippen LogP contribution in [0, 0.1) is 0 Å². The van der Waals surface area contributed by atoms with E-state index in [1.807, 2.05) is 63.8 Å². The Kier molecular flexibility index (Phi) is 7.32. The monoisotopic (exact) mass is 438 g/mol. The van der Waals surface area contributed by atoms with Crippen LogP contribution in [0.15, 0.2) is 28.7 Å². The van der Waals surface area contributed by atoms with E-state index in [0.717, 1.165) is 22.9 Å². The first kappa shape index (κ1) is 21.7. The van der Waals surface area contributed by atoms with Gasteiger partial charge >= 0.3 is 6.09 Å². The second-order valence-corrected chi connectivity index (χ2v) is 9.29. The Morgan fingerprint density at radius 3 is 2.41 bits per heavy atom. The normalized spacial score (nSPS) is 17.7. The Balaban J connectivity index is 2.18. The van der Waals surface area contributed by atoms with Crippen molar-refractivity contribution >= 4 is 27.9 Å². The van der Waals surface area contributed by atoms with E-state index in [-0.39, 0.29) is 11.9 Å². The Morgan fingerprint density at radius 1 is 1.22 bits per heavy atom. The van der Waals surface area contributed by atoms with Crippen molar-refractivity contribution in [1.29, 1.82) is 0 Å². The molecule has 0 spiro atoms. The van der Waals surface area contributed by atoms with Gasteiger partial charge in [-0.15, -0.1) is 0 Å². The van der Waals surface area contributed by atoms with Gasteiger partial charge in [0.25, 0.3) is 0 Å². The third kappa shape index (κ3) is 6.23. The van der Waals surface area contributed by atoms with Crippen molar-refractivity contribution in [3.8, 4) is 0 Å². The van der Waals surface area contributed by atoms with Gasteiger partial charge in [0.2, 0.25) is 5.91 Å². The molecule has 0 N–H and O–H groups in total. The molecule has 27 heavy (non-hydrogen) atoms. The van der Waals surface area contributed by atoms with Crippen LogP contribution >= 0.6 is 15.9 Å². The van der Waals surface area contributed by atoms with Crippen LogP contribution < -0.4 is 0 Å². The number of hydrogen-bond donors (Lipinski definition) is 0. The number of carbonyl (C=O) groups is 2. The quantitative estimate of drug-likeness (QED) is 0.665. The fourth-order valence-corrected chi connectivity index (χ4v) is 3.48. The molecule has 0 bridgehead atoms. The molecule has 1 aliphatic heterocycles. The van der Waals surface area contributed by atoms with Crippen molar-refractivity contribution in [2.75, 3.05) is 6.54 Å². The first-order chi connectivity index (χ1) is 12.6. The van der Waals surface area contributed by atoms with Crippen molar-refractivity contribution < 1.29 is 14.3 Å². The molecule has 1 heterocycles. The van der Waals surface area contributed by atoms with Crippen LogP contribution in [0.1, 0.15) is 59.4 Å². The minimum atomic E-state index is -0.572. The van der Waals surface area contributed by atoms with Gasteiger partial charge in [0, 0.05) is 23.6 Å². The maximum absolute atomic E-state index is 13.4. The SMILES string of the molecule is CC(C)N(Cc1ccc(Br)cc1)C(=O)[C@H]1CCCCN1C(=O)OC(C)(C)C. The molecule has 0 radical (unpaired) electrons. The van der Waals surface area contributed by atoms with Crippen LogP contribution in [0.25, 0.3) is 0 Å². The van der Waals surface area contributed by atoms with E-state index in [2.05, 4.69) is 15.9 Å². The Bertz CT molecular complexity index is 652. The van der Waals surface area contributed by atoms with E-state index >= 15 is 0 Å². The molecule has 1 fully saturated rings. The largest absolute Gasteiger partial charge is 0.444 e. The van der Waals surface area contributed by atoms with E-state index in [9.17, 15) is 9.59 Å². The van der Waals surface area contributed by atoms with Crippen molar-refractivity contribution in [1.82, 2.24) is 9.80 Å². The third-order valence-electron chi connectivity index (χ3n) is 4.59. The number of ether oxygens (including phenoxy) is 1. The van der Waals surface area contributed by atoms with E-state index in [1.165, 1.54) is 0 Å². The molecular weight excluding hydrogens is 408 g/mol. The number of halogens is 1. The summed E-state index contributed by atoms with van der Waals surface area (Å²) in [5.41, 5.74) is 0.497. The van der Waals surface area contributed by atoms with E-state index < -0.39 is 17.7 Å². The first-order valence-electron chi connectivity index (χ1n) is 9.63. The van der Waals surface area contributed by atoms with Crippen LogP contribution in [0.5, 0.6) is 0 Å². The fourth-order valence-electron chi connectivity index (χ4n) is 3.22. The number of rotatable bonds is 4. The Morgan fingerprint density at radius 2 is 1.85 bits per heavy atom. The molecule has 1 aromatic carbocycles. The third-order valence-corrected chi connectivity index (χ3v) is 5.12. The van der Waals surface area contributed by atoms with E-state index in [0.29, 0.717) is 19.5 Å². The topological polar surface area (TPSA) is 49.9 Å². The van der Waals surface area contributed by atoms with Gasteiger partial charge in [-0.1, -0.05) is 28.1 Å². The number of carbonyl (C=O) groups excluding carboxylic acids is 2. The number of hydrogen-bond acceptors (Lipinski definition) is 3. The van der Waals surface area contributed by atoms with Gasteiger partial charge in [0.05, 0.1) is 0 Å². The highest BCUT2D eigenvalue weighted by Crippen LogP contribution is 2.24. The van der Waals surface area contributed by atoms with Crippen LogP contribution in [-0.2, 0) is 16.1 Å². The number of likely N-dealkylation sites (tertiary alicyclic amines) is 1. The second kappa shape index (κ2) is 9.09. The van der Waals surface area contributed by atoms with Gasteiger partial charge in [-0.2, -0.15) is 0 Å². The average molecular weight is 439 g/mol. The predicted octanol–water partition coefficient (Wildman–Crippen LogP) is 4.98. The van der Waals surface area contributed by atoms with Crippen LogP contribution in [0.2, 0.25) is 0 Å². The van der Waals surface area contributed by atoms with E-state index in [1.54, 1.807) is 4.90 Å². The van der Waals surface area contributed by atoms with Gasteiger partial charge in [-0.25, -0.2) is 4.79 Å². The number of nitrogens with zero attached hydrogens (tertiary/aromatic N) is 2. The van der Waals surface area contributed by atoms with Crippen molar-refractivity contribution in [2.24, 2.45) is 0 Å². The Labute approximate surface area is 171 Å². The number of amides is 2. The summed E-state index contributed by atoms with van der Waals surface area (Å²) < 4.78 is 6.55. The van der Waals surface area contributed by atoms with Crippen LogP contribution in [0.3, 0.4) is 0 Å². The highest BCUT2D eigenvalue weighted by Gasteiger charge is 2.37. The standard InChI is InChI=1S/C21H31BrN2O3/c1-15(2)24(14-16-9-11-17(22)12-10-16)19(25)18-8-6-7-13-23(18)20(26)27-21(3,4)5/h9-12,15,18H,6-8,13-14H2,1-5H3/t18-/m1/s1. The molecular formula is C21H31BrN2O3. The molecule has 2 amide bonds. The van der Waals surface area contributed by atoms with Gasteiger partial charge in [0.1, 0.15) is 11.6 Å². The summed E-state index contributed by atoms with van der Waals surface area (Å²) in [4.78, 5) is 29.5. The van der Waals surface area contributed by atoms with Crippen LogP contribution in [0.4, 0.5) is 4.79 Å². The van der Waals surface area contributed by atoms with E-state index in [4.69, 9.17) is 4.74 Å². The zero-order valence-corrected chi connectivity index (χ0v) is 18.6. The minimum absolute atomic E-state index is 0.00141. The molecule has 1 aliphatic rings. The Hall–Kier alpha value is -1.56. The molecule has 0 unspecified atom stereocenters. The molecule has 0 aliphatic carbocycles. The zero-order valence-electron chi connectivity index (χ0n) is 17.0. The van der Waals surface area contributed by atoms with Crippen molar-refractivity contribution in [3.05, 3.63) is 34.3 Å². The van der Waals surface area contributed by atoms with Gasteiger partial charge in [0.15, 0.2) is 0 Å². The summed E-state index contributed by atoms with van der Waals surface area (Å²) in [6.07, 6.45) is 2.13. The lowest BCUT2D eigenvalue weighted by Gasteiger charge is -2.39. The molecule has 1 saturated heterocycles. The zero-order chi connectivity index (χ0) is 20.2. The predicted molar refractivity (Wildman–Crippen MR) is 110 cm³/mol. The lowest BCUT2D eigenvalue weighted by molar-refractivity contribution is -0.140. The average Bonchev–Trinajstić information content (AvgIpc) is 2.59. The molecule has 1 aromatic rings. The maximum atomic E-state index is 13.4. The summed E-state index contributed by atoms with van der Waals surface area (Å²) in [6, 6.07) is 7.58. The lowest BCUT2D eigenvalue weighted by Crippen LogP contribution is -2.55. The molecule has 0 aromatic heterocycles. The summed E-state index contributed by atoms with van der Waals surface area (Å²) in [6.45, 7) is 10.7. The highest BCUT2D eigenvalue weighted by molar-refractivity contribution is 9.10. The summed E-state index contributed by atoms with van der Waals surface area (Å²) in [5.74, 6) is -0.00141. The van der Waals surface area contributed by atoms with Crippen molar-refractivity contribution in [3.63, 3.8) is 0 Å². The number of piperidine rings is 1. The summed E-state index contributed by atoms with van der Waals surface area (Å²) >= 11 is 3.44. The smallest absolute Gasteiger partial charge is 0.410 e. The molecule has 0 saturated carbocycles.